The molecule has 4 atom stereocenters. The van der Waals surface area contributed by atoms with Gasteiger partial charge in [-0.1, -0.05) is 27.7 Å². The van der Waals surface area contributed by atoms with E-state index in [0.717, 1.165) is 36.0 Å². The van der Waals surface area contributed by atoms with E-state index in [-0.39, 0.29) is 7.43 Å². The second-order valence-corrected chi connectivity index (χ2v) is 7.62. The first kappa shape index (κ1) is 20.6. The molecule has 4 unspecified atom stereocenters. The Balaban J connectivity index is 0. The van der Waals surface area contributed by atoms with E-state index in [1.54, 1.807) is 0 Å². The number of aliphatic hydroxyl groups excluding tert-OH is 1. The van der Waals surface area contributed by atoms with Gasteiger partial charge in [-0.3, -0.25) is 0 Å². The van der Waals surface area contributed by atoms with Crippen molar-refractivity contribution < 1.29 is 22.1 Å². The summed E-state index contributed by atoms with van der Waals surface area (Å²) in [5.41, 5.74) is 0. The number of halogens is 2. The summed E-state index contributed by atoms with van der Waals surface area (Å²) in [7, 11) is 9.78. The normalized spacial score (nSPS) is 35.6. The third-order valence-corrected chi connectivity index (χ3v) is 4.53. The van der Waals surface area contributed by atoms with E-state index in [0.29, 0.717) is 6.61 Å². The van der Waals surface area contributed by atoms with Crippen LogP contribution in [0.5, 0.6) is 0 Å². The molecule has 1 aliphatic rings. The molecule has 1 N–H and O–H groups in total. The maximum atomic E-state index is 8.83. The Bertz CT molecular complexity index is 167. The zero-order valence-corrected chi connectivity index (χ0v) is 14.8. The predicted octanol–water partition coefficient (Wildman–Crippen LogP) is 4.76. The van der Waals surface area contributed by atoms with Crippen LogP contribution in [0.1, 0.15) is 40.5 Å². The molecule has 0 saturated heterocycles. The van der Waals surface area contributed by atoms with Gasteiger partial charge >= 0.3 is 35.6 Å². The number of hydrogen-bond acceptors (Lipinski definition) is 1. The molecule has 1 fully saturated rings. The van der Waals surface area contributed by atoms with E-state index in [2.05, 4.69) is 27.7 Å². The van der Waals surface area contributed by atoms with E-state index in [1.807, 2.05) is 0 Å². The standard InChI is InChI=1S/C12H24O.CH3.2ClH.Ti/c1-8-9(2)11(4)12(10(8)3)6-5-7-13;;;;/h8-13H,5-7H2,1-4H3;1H3;2*1H;/q;-1;;;+2/p-2. The molecule has 0 heterocycles. The average Bonchev–Trinajstić information content (AvgIpc) is 2.43. The molecule has 0 aromatic heterocycles. The average molecular weight is 318 g/mol. The van der Waals surface area contributed by atoms with Gasteiger partial charge in [0, 0.05) is 6.61 Å². The quantitative estimate of drug-likeness (QED) is 0.587. The van der Waals surface area contributed by atoms with Crippen molar-refractivity contribution in [1.82, 2.24) is 0 Å². The molecule has 1 nitrogen and oxygen atoms in total. The minimum absolute atomic E-state index is 0. The third-order valence-electron chi connectivity index (χ3n) is 4.53. The van der Waals surface area contributed by atoms with Crippen LogP contribution >= 0.6 is 18.6 Å². The molecule has 0 aromatic rings. The molecule has 4 heteroatoms. The molecule has 0 aliphatic heterocycles. The van der Waals surface area contributed by atoms with E-state index in [4.69, 9.17) is 23.7 Å². The molecule has 1 rings (SSSR count). The summed E-state index contributed by atoms with van der Waals surface area (Å²) in [6.07, 6.45) is 2.20. The Morgan fingerprint density at radius 2 is 1.29 bits per heavy atom. The SMILES string of the molecule is CC1C(C)C(C)C(CCCO)C1C.[CH3-].[Cl][Ti][Cl]. The fraction of sp³-hybridized carbons (Fsp3) is 0.923. The van der Waals surface area contributed by atoms with Crippen LogP contribution in [0, 0.1) is 37.0 Å². The van der Waals surface area contributed by atoms with E-state index in [1.165, 1.54) is 6.42 Å². The van der Waals surface area contributed by atoms with Gasteiger partial charge in [0.15, 0.2) is 0 Å². The summed E-state index contributed by atoms with van der Waals surface area (Å²) in [4.78, 5) is 0. The van der Waals surface area contributed by atoms with Crippen molar-refractivity contribution in [3.8, 4) is 0 Å². The molecule has 17 heavy (non-hydrogen) atoms. The second kappa shape index (κ2) is 11.1. The summed E-state index contributed by atoms with van der Waals surface area (Å²) in [6.45, 7) is 9.88. The zero-order chi connectivity index (χ0) is 12.7. The first-order chi connectivity index (χ1) is 7.51. The fourth-order valence-electron chi connectivity index (χ4n) is 3.07. The Morgan fingerprint density at radius 3 is 1.59 bits per heavy atom. The van der Waals surface area contributed by atoms with E-state index >= 15 is 0 Å². The monoisotopic (exact) mass is 317 g/mol. The van der Waals surface area contributed by atoms with Crippen molar-refractivity contribution in [3.63, 3.8) is 0 Å². The van der Waals surface area contributed by atoms with E-state index in [9.17, 15) is 0 Å². The molecule has 1 saturated carbocycles. The molecule has 1 aliphatic carbocycles. The molecule has 0 aromatic carbocycles. The Hall–Kier alpha value is 1.25. The van der Waals surface area contributed by atoms with Crippen molar-refractivity contribution in [2.24, 2.45) is 29.6 Å². The minimum atomic E-state index is -0.556. The molecule has 0 spiro atoms. The summed E-state index contributed by atoms with van der Waals surface area (Å²) >= 11 is -0.556. The van der Waals surface area contributed by atoms with Gasteiger partial charge in [-0.25, -0.2) is 0 Å². The van der Waals surface area contributed by atoms with Gasteiger partial charge in [0.25, 0.3) is 0 Å². The van der Waals surface area contributed by atoms with Crippen LogP contribution in [0.2, 0.25) is 0 Å². The van der Waals surface area contributed by atoms with Crippen LogP contribution in [0.3, 0.4) is 0 Å². The molecule has 0 bridgehead atoms. The van der Waals surface area contributed by atoms with Gasteiger partial charge in [0.1, 0.15) is 0 Å². The van der Waals surface area contributed by atoms with Crippen molar-refractivity contribution in [2.45, 2.75) is 40.5 Å². The topological polar surface area (TPSA) is 20.2 Å². The van der Waals surface area contributed by atoms with Crippen molar-refractivity contribution in [3.05, 3.63) is 7.43 Å². The Kier molecular flexibility index (Phi) is 13.4. The Labute approximate surface area is 124 Å². The van der Waals surface area contributed by atoms with Crippen LogP contribution in [0.25, 0.3) is 0 Å². The summed E-state index contributed by atoms with van der Waals surface area (Å²) < 4.78 is 0. The van der Waals surface area contributed by atoms with Gasteiger partial charge in [0.2, 0.25) is 0 Å². The fourth-order valence-corrected chi connectivity index (χ4v) is 3.07. The van der Waals surface area contributed by atoms with Gasteiger partial charge in [-0.2, -0.15) is 0 Å². The van der Waals surface area contributed by atoms with Crippen LogP contribution in [-0.2, 0) is 17.0 Å². The van der Waals surface area contributed by atoms with Crippen molar-refractivity contribution in [1.29, 1.82) is 0 Å². The van der Waals surface area contributed by atoms with Gasteiger partial charge < -0.3 is 12.5 Å². The van der Waals surface area contributed by atoms with Gasteiger partial charge in [-0.15, -0.1) is 0 Å². The number of hydrogen-bond donors (Lipinski definition) is 1. The van der Waals surface area contributed by atoms with E-state index < -0.39 is 17.0 Å². The molecule has 0 radical (unpaired) electrons. The van der Waals surface area contributed by atoms with Crippen molar-refractivity contribution in [2.75, 3.05) is 6.61 Å². The second-order valence-electron chi connectivity index (χ2n) is 5.04. The number of aliphatic hydroxyl groups is 1. The van der Waals surface area contributed by atoms with Crippen molar-refractivity contribution >= 4 is 18.6 Å². The number of rotatable bonds is 3. The molecular formula is C13H27Cl2OTi-. The molecule has 0 amide bonds. The van der Waals surface area contributed by atoms with Gasteiger partial charge in [0.05, 0.1) is 0 Å². The summed E-state index contributed by atoms with van der Waals surface area (Å²) in [6, 6.07) is 0. The maximum absolute atomic E-state index is 8.83. The predicted molar refractivity (Wildman–Crippen MR) is 74.6 cm³/mol. The first-order valence-corrected chi connectivity index (χ1v) is 10.4. The third kappa shape index (κ3) is 6.30. The van der Waals surface area contributed by atoms with Crippen LogP contribution in [0.15, 0.2) is 0 Å². The van der Waals surface area contributed by atoms with Crippen LogP contribution < -0.4 is 0 Å². The molecule has 104 valence electrons. The van der Waals surface area contributed by atoms with Gasteiger partial charge in [-0.05, 0) is 42.4 Å². The summed E-state index contributed by atoms with van der Waals surface area (Å²) in [5, 5.41) is 8.83. The Morgan fingerprint density at radius 1 is 0.941 bits per heavy atom. The summed E-state index contributed by atoms with van der Waals surface area (Å²) in [5.74, 6) is 4.25. The van der Waals surface area contributed by atoms with Crippen LogP contribution in [0.4, 0.5) is 0 Å². The zero-order valence-electron chi connectivity index (χ0n) is 11.7. The first-order valence-electron chi connectivity index (χ1n) is 6.08. The van der Waals surface area contributed by atoms with Crippen LogP contribution in [-0.4, -0.2) is 11.7 Å². The molecular weight excluding hydrogens is 291 g/mol.